The summed E-state index contributed by atoms with van der Waals surface area (Å²) in [6.07, 6.45) is 0. The first kappa shape index (κ1) is 18.3. The summed E-state index contributed by atoms with van der Waals surface area (Å²) in [5.74, 6) is 1.34. The molecule has 0 amide bonds. The van der Waals surface area contributed by atoms with E-state index < -0.39 is 0 Å². The molecule has 142 valence electrons. The van der Waals surface area contributed by atoms with Crippen molar-refractivity contribution in [1.82, 2.24) is 20.0 Å². The first-order chi connectivity index (χ1) is 13.6. The molecule has 0 atom stereocenters. The van der Waals surface area contributed by atoms with E-state index in [4.69, 9.17) is 26.8 Å². The highest BCUT2D eigenvalue weighted by molar-refractivity contribution is 7.13. The number of hydrogen-bond donors (Lipinski definition) is 1. The van der Waals surface area contributed by atoms with Gasteiger partial charge >= 0.3 is 0 Å². The largest absolute Gasteiger partial charge is 0.495 e. The minimum Gasteiger partial charge on any atom is -0.495 e. The van der Waals surface area contributed by atoms with E-state index in [2.05, 4.69) is 15.3 Å². The lowest BCUT2D eigenvalue weighted by atomic mass is 10.2. The quantitative estimate of drug-likeness (QED) is 0.524. The number of nitrogen functional groups attached to an aromatic ring is 1. The Kier molecular flexibility index (Phi) is 4.89. The number of aromatic nitrogens is 4. The Bertz CT molecular complexity index is 1130. The Morgan fingerprint density at radius 1 is 1.07 bits per heavy atom. The zero-order chi connectivity index (χ0) is 19.7. The molecule has 9 heteroatoms. The zero-order valence-corrected chi connectivity index (χ0v) is 16.7. The van der Waals surface area contributed by atoms with Crippen LogP contribution in [0.25, 0.3) is 27.6 Å². The number of hydrogen-bond acceptors (Lipinski definition) is 7. The summed E-state index contributed by atoms with van der Waals surface area (Å²) < 4.78 is 12.1. The zero-order valence-electron chi connectivity index (χ0n) is 15.1. The molecule has 0 aliphatic carbocycles. The molecule has 0 saturated heterocycles. The predicted molar refractivity (Wildman–Crippen MR) is 110 cm³/mol. The molecule has 2 heterocycles. The lowest BCUT2D eigenvalue weighted by Crippen LogP contribution is -2.05. The van der Waals surface area contributed by atoms with Gasteiger partial charge in [-0.25, -0.2) is 4.98 Å². The molecule has 0 aliphatic heterocycles. The van der Waals surface area contributed by atoms with Crippen LogP contribution in [0.2, 0.25) is 5.02 Å². The van der Waals surface area contributed by atoms with Gasteiger partial charge in [0, 0.05) is 17.0 Å². The van der Waals surface area contributed by atoms with Crippen molar-refractivity contribution in [3.05, 3.63) is 52.9 Å². The molecule has 0 bridgehead atoms. The van der Waals surface area contributed by atoms with E-state index in [1.54, 1.807) is 19.2 Å². The third-order valence-corrected chi connectivity index (χ3v) is 5.31. The molecule has 0 spiro atoms. The number of benzene rings is 2. The van der Waals surface area contributed by atoms with Crippen molar-refractivity contribution in [1.29, 1.82) is 0 Å². The smallest absolute Gasteiger partial charge is 0.165 e. The molecule has 2 N–H and O–H groups in total. The number of nitrogens with two attached hydrogens (primary N) is 1. The van der Waals surface area contributed by atoms with E-state index in [1.165, 1.54) is 23.1 Å². The van der Waals surface area contributed by atoms with Crippen molar-refractivity contribution in [2.75, 3.05) is 20.0 Å². The Hall–Kier alpha value is -3.10. The van der Waals surface area contributed by atoms with Crippen LogP contribution < -0.4 is 15.2 Å². The monoisotopic (exact) mass is 413 g/mol. The molecule has 0 aliphatic rings. The fourth-order valence-corrected chi connectivity index (χ4v) is 3.81. The summed E-state index contributed by atoms with van der Waals surface area (Å²) in [4.78, 5) is 4.65. The molecule has 0 unspecified atom stereocenters. The molecule has 0 saturated carbocycles. The predicted octanol–water partition coefficient (Wildman–Crippen LogP) is 4.31. The molecule has 4 aromatic rings. The molecule has 0 fully saturated rings. The van der Waals surface area contributed by atoms with Crippen LogP contribution in [0, 0.1) is 0 Å². The van der Waals surface area contributed by atoms with Gasteiger partial charge in [0.2, 0.25) is 0 Å². The molecule has 0 radical (unpaired) electrons. The van der Waals surface area contributed by atoms with Crippen molar-refractivity contribution in [2.24, 2.45) is 0 Å². The number of halogens is 1. The van der Waals surface area contributed by atoms with Crippen LogP contribution in [-0.2, 0) is 0 Å². The van der Waals surface area contributed by atoms with Crippen LogP contribution in [-0.4, -0.2) is 34.2 Å². The summed E-state index contributed by atoms with van der Waals surface area (Å²) in [7, 11) is 3.09. The third kappa shape index (κ3) is 3.17. The fraction of sp³-hybridized carbons (Fsp3) is 0.105. The maximum atomic E-state index is 6.33. The standard InChI is InChI=1S/C19H16ClN5O2S/c1-26-15-9-16(27-2)14(8-12(15)20)25-18(21)17(23-24-25)19-22-13(10-28-19)11-6-4-3-5-7-11/h3-10H,21H2,1-2H3. The molecule has 4 rings (SSSR count). The van der Waals surface area contributed by atoms with Gasteiger partial charge in [0.1, 0.15) is 22.2 Å². The van der Waals surface area contributed by atoms with E-state index in [1.807, 2.05) is 35.7 Å². The molecule has 7 nitrogen and oxygen atoms in total. The van der Waals surface area contributed by atoms with E-state index in [-0.39, 0.29) is 0 Å². The second-order valence-corrected chi connectivity index (χ2v) is 7.06. The molecular formula is C19H16ClN5O2S. The number of ether oxygens (including phenoxy) is 2. The molecule has 2 aromatic heterocycles. The number of thiazole rings is 1. The van der Waals surface area contributed by atoms with Crippen LogP contribution in [0.4, 0.5) is 5.82 Å². The maximum Gasteiger partial charge on any atom is 0.165 e. The second kappa shape index (κ2) is 7.49. The van der Waals surface area contributed by atoms with Crippen molar-refractivity contribution in [3.8, 4) is 39.1 Å². The number of rotatable bonds is 5. The summed E-state index contributed by atoms with van der Waals surface area (Å²) in [5, 5.41) is 11.5. The van der Waals surface area contributed by atoms with Crippen molar-refractivity contribution in [3.63, 3.8) is 0 Å². The van der Waals surface area contributed by atoms with Gasteiger partial charge in [-0.3, -0.25) is 0 Å². The van der Waals surface area contributed by atoms with Crippen molar-refractivity contribution >= 4 is 28.8 Å². The van der Waals surface area contributed by atoms with Gasteiger partial charge in [0.25, 0.3) is 0 Å². The SMILES string of the molecule is COc1cc(OC)c(-n2nnc(-c3nc(-c4ccccc4)cs3)c2N)cc1Cl. The number of methoxy groups -OCH3 is 2. The Morgan fingerprint density at radius 2 is 1.82 bits per heavy atom. The average molecular weight is 414 g/mol. The van der Waals surface area contributed by atoms with Gasteiger partial charge < -0.3 is 15.2 Å². The highest BCUT2D eigenvalue weighted by Crippen LogP contribution is 2.37. The van der Waals surface area contributed by atoms with Crippen molar-refractivity contribution < 1.29 is 9.47 Å². The number of nitrogens with zero attached hydrogens (tertiary/aromatic N) is 4. The van der Waals surface area contributed by atoms with Crippen LogP contribution in [0.3, 0.4) is 0 Å². The highest BCUT2D eigenvalue weighted by atomic mass is 35.5. The molecular weight excluding hydrogens is 398 g/mol. The van der Waals surface area contributed by atoms with Crippen LogP contribution >= 0.6 is 22.9 Å². The van der Waals surface area contributed by atoms with E-state index in [0.717, 1.165) is 11.3 Å². The third-order valence-electron chi connectivity index (χ3n) is 4.16. The highest BCUT2D eigenvalue weighted by Gasteiger charge is 2.20. The van der Waals surface area contributed by atoms with Crippen LogP contribution in [0.15, 0.2) is 47.8 Å². The van der Waals surface area contributed by atoms with E-state index in [9.17, 15) is 0 Å². The molecule has 2 aromatic carbocycles. The normalized spacial score (nSPS) is 10.8. The summed E-state index contributed by atoms with van der Waals surface area (Å²) in [5.41, 5.74) is 9.28. The van der Waals surface area contributed by atoms with Gasteiger partial charge in [-0.15, -0.1) is 16.4 Å². The Labute approximate surface area is 170 Å². The first-order valence-corrected chi connectivity index (χ1v) is 9.52. The Morgan fingerprint density at radius 3 is 2.54 bits per heavy atom. The lowest BCUT2D eigenvalue weighted by molar-refractivity contribution is 0.392. The summed E-state index contributed by atoms with van der Waals surface area (Å²) in [6.45, 7) is 0. The maximum absolute atomic E-state index is 6.33. The lowest BCUT2D eigenvalue weighted by Gasteiger charge is -2.12. The van der Waals surface area contributed by atoms with Gasteiger partial charge in [-0.1, -0.05) is 47.1 Å². The topological polar surface area (TPSA) is 88.1 Å². The summed E-state index contributed by atoms with van der Waals surface area (Å²) in [6, 6.07) is 13.3. The van der Waals surface area contributed by atoms with Crippen LogP contribution in [0.1, 0.15) is 0 Å². The first-order valence-electron chi connectivity index (χ1n) is 8.26. The summed E-state index contributed by atoms with van der Waals surface area (Å²) >= 11 is 7.72. The van der Waals surface area contributed by atoms with Gasteiger partial charge in [-0.2, -0.15) is 4.68 Å². The minimum absolute atomic E-state index is 0.341. The van der Waals surface area contributed by atoms with E-state index in [0.29, 0.717) is 38.7 Å². The van der Waals surface area contributed by atoms with Gasteiger partial charge in [-0.05, 0) is 6.07 Å². The average Bonchev–Trinajstić information content (AvgIpc) is 3.35. The van der Waals surface area contributed by atoms with Gasteiger partial charge in [0.05, 0.1) is 24.9 Å². The molecule has 28 heavy (non-hydrogen) atoms. The van der Waals surface area contributed by atoms with Crippen LogP contribution in [0.5, 0.6) is 11.5 Å². The minimum atomic E-state index is 0.341. The number of anilines is 1. The fourth-order valence-electron chi connectivity index (χ4n) is 2.75. The second-order valence-electron chi connectivity index (χ2n) is 5.80. The van der Waals surface area contributed by atoms with E-state index >= 15 is 0 Å². The van der Waals surface area contributed by atoms with Crippen molar-refractivity contribution in [2.45, 2.75) is 0 Å². The van der Waals surface area contributed by atoms with Gasteiger partial charge in [0.15, 0.2) is 11.5 Å². The Balaban J connectivity index is 1.75.